The van der Waals surface area contributed by atoms with Gasteiger partial charge in [0.25, 0.3) is 0 Å². The van der Waals surface area contributed by atoms with Crippen molar-refractivity contribution in [2.45, 2.75) is 19.1 Å². The van der Waals surface area contributed by atoms with Crippen molar-refractivity contribution < 1.29 is 4.74 Å². The summed E-state index contributed by atoms with van der Waals surface area (Å²) in [6, 6.07) is 12.1. The van der Waals surface area contributed by atoms with Gasteiger partial charge < -0.3 is 10.1 Å². The molecule has 1 aromatic heterocycles. The first-order chi connectivity index (χ1) is 8.92. The van der Waals surface area contributed by atoms with E-state index in [2.05, 4.69) is 10.4 Å². The number of nitrogens with one attached hydrogen (secondary N) is 1. The number of benzene rings is 1. The quantitative estimate of drug-likeness (QED) is 0.889. The lowest BCUT2D eigenvalue weighted by atomic mass is 10.3. The first-order valence-electron chi connectivity index (χ1n) is 6.34. The van der Waals surface area contributed by atoms with Crippen LogP contribution in [0.15, 0.2) is 42.6 Å². The zero-order valence-electron chi connectivity index (χ0n) is 10.2. The minimum absolute atomic E-state index is 0.340. The fraction of sp³-hybridized carbons (Fsp3) is 0.357. The summed E-state index contributed by atoms with van der Waals surface area (Å²) in [7, 11) is 0. The molecule has 0 radical (unpaired) electrons. The molecule has 4 nitrogen and oxygen atoms in total. The molecule has 0 aliphatic carbocycles. The highest BCUT2D eigenvalue weighted by Gasteiger charge is 2.15. The van der Waals surface area contributed by atoms with Gasteiger partial charge in [-0.05, 0) is 31.2 Å². The molecule has 1 aliphatic heterocycles. The lowest BCUT2D eigenvalue weighted by Gasteiger charge is -2.08. The Hall–Kier alpha value is -1.65. The van der Waals surface area contributed by atoms with Gasteiger partial charge in [0, 0.05) is 12.7 Å². The van der Waals surface area contributed by atoms with Gasteiger partial charge in [0.05, 0.1) is 24.1 Å². The van der Waals surface area contributed by atoms with Gasteiger partial charge in [0.2, 0.25) is 0 Å². The van der Waals surface area contributed by atoms with Crippen LogP contribution < -0.4 is 5.32 Å². The van der Waals surface area contributed by atoms with Crippen LogP contribution in [0, 0.1) is 0 Å². The molecule has 2 aromatic rings. The van der Waals surface area contributed by atoms with E-state index in [1.807, 2.05) is 47.3 Å². The number of nitrogens with zero attached hydrogens (tertiary/aromatic N) is 2. The molecule has 2 heterocycles. The van der Waals surface area contributed by atoms with Crippen molar-refractivity contribution in [2.24, 2.45) is 0 Å². The molecule has 0 spiro atoms. The smallest absolute Gasteiger partial charge is 0.0911 e. The Morgan fingerprint density at radius 1 is 1.28 bits per heavy atom. The number of hydrogen-bond donors (Lipinski definition) is 1. The summed E-state index contributed by atoms with van der Waals surface area (Å²) < 4.78 is 7.68. The van der Waals surface area contributed by atoms with Gasteiger partial charge in [0.1, 0.15) is 0 Å². The Morgan fingerprint density at radius 3 is 2.94 bits per heavy atom. The average molecular weight is 243 g/mol. The van der Waals surface area contributed by atoms with E-state index in [-0.39, 0.29) is 0 Å². The second kappa shape index (κ2) is 5.33. The summed E-state index contributed by atoms with van der Waals surface area (Å²) in [6.07, 6.45) is 3.41. The second-order valence-corrected chi connectivity index (χ2v) is 4.51. The van der Waals surface area contributed by atoms with Crippen LogP contribution in [0.5, 0.6) is 0 Å². The monoisotopic (exact) mass is 243 g/mol. The molecular formula is C14H17N3O. The Morgan fingerprint density at radius 2 is 2.17 bits per heavy atom. The molecule has 1 N–H and O–H groups in total. The molecule has 1 aliphatic rings. The Bertz CT molecular complexity index is 489. The number of rotatable bonds is 4. The lowest BCUT2D eigenvalue weighted by molar-refractivity contribution is 0.0521. The highest BCUT2D eigenvalue weighted by molar-refractivity contribution is 5.30. The van der Waals surface area contributed by atoms with Gasteiger partial charge in [-0.2, -0.15) is 5.10 Å². The average Bonchev–Trinajstić information content (AvgIpc) is 3.09. The third-order valence-corrected chi connectivity index (χ3v) is 3.15. The predicted octanol–water partition coefficient (Wildman–Crippen LogP) is 1.75. The highest BCUT2D eigenvalue weighted by atomic mass is 16.5. The van der Waals surface area contributed by atoms with Gasteiger partial charge in [0.15, 0.2) is 0 Å². The molecule has 0 saturated carbocycles. The van der Waals surface area contributed by atoms with Crippen molar-refractivity contribution in [3.05, 3.63) is 48.3 Å². The van der Waals surface area contributed by atoms with E-state index in [9.17, 15) is 0 Å². The van der Waals surface area contributed by atoms with E-state index < -0.39 is 0 Å². The minimum Gasteiger partial charge on any atom is -0.370 e. The molecule has 0 bridgehead atoms. The van der Waals surface area contributed by atoms with Crippen LogP contribution in [-0.4, -0.2) is 29.0 Å². The van der Waals surface area contributed by atoms with Crippen molar-refractivity contribution >= 4 is 0 Å². The molecule has 94 valence electrons. The van der Waals surface area contributed by atoms with Crippen LogP contribution in [0.4, 0.5) is 0 Å². The summed E-state index contributed by atoms with van der Waals surface area (Å²) in [5.41, 5.74) is 2.05. The topological polar surface area (TPSA) is 39.1 Å². The Labute approximate surface area is 107 Å². The molecule has 1 fully saturated rings. The van der Waals surface area contributed by atoms with Crippen LogP contribution in [0.3, 0.4) is 0 Å². The van der Waals surface area contributed by atoms with Crippen LogP contribution in [0.25, 0.3) is 5.69 Å². The third-order valence-electron chi connectivity index (χ3n) is 3.15. The zero-order chi connectivity index (χ0) is 12.2. The van der Waals surface area contributed by atoms with Crippen molar-refractivity contribution in [1.29, 1.82) is 0 Å². The normalized spacial score (nSPS) is 19.2. The molecule has 1 aromatic carbocycles. The van der Waals surface area contributed by atoms with Crippen LogP contribution in [0.2, 0.25) is 0 Å². The molecule has 0 amide bonds. The number of para-hydroxylation sites is 1. The first-order valence-corrected chi connectivity index (χ1v) is 6.34. The third kappa shape index (κ3) is 2.60. The summed E-state index contributed by atoms with van der Waals surface area (Å²) in [5, 5.41) is 7.80. The van der Waals surface area contributed by atoms with Gasteiger partial charge in [-0.15, -0.1) is 0 Å². The molecule has 3 rings (SSSR count). The summed E-state index contributed by atoms with van der Waals surface area (Å²) in [6.45, 7) is 2.61. The standard InChI is InChI=1S/C14H17N3O/c1-2-4-13(5-3-1)17-9-7-12(16-17)11-18-14-6-8-15-10-14/h1-5,7,9,14-15H,6,8,10-11H2. The highest BCUT2D eigenvalue weighted by Crippen LogP contribution is 2.10. The summed E-state index contributed by atoms with van der Waals surface area (Å²) >= 11 is 0. The van der Waals surface area contributed by atoms with E-state index in [1.54, 1.807) is 0 Å². The van der Waals surface area contributed by atoms with Crippen molar-refractivity contribution in [1.82, 2.24) is 15.1 Å². The predicted molar refractivity (Wildman–Crippen MR) is 69.6 cm³/mol. The number of hydrogen-bond acceptors (Lipinski definition) is 3. The van der Waals surface area contributed by atoms with Gasteiger partial charge in [-0.1, -0.05) is 18.2 Å². The molecule has 1 unspecified atom stereocenters. The van der Waals surface area contributed by atoms with Crippen LogP contribution in [-0.2, 0) is 11.3 Å². The molecule has 1 atom stereocenters. The van der Waals surface area contributed by atoms with Crippen molar-refractivity contribution in [3.8, 4) is 5.69 Å². The van der Waals surface area contributed by atoms with Gasteiger partial charge in [-0.25, -0.2) is 4.68 Å². The fourth-order valence-electron chi connectivity index (χ4n) is 2.14. The maximum atomic E-state index is 5.80. The van der Waals surface area contributed by atoms with Crippen molar-refractivity contribution in [3.63, 3.8) is 0 Å². The Balaban J connectivity index is 1.63. The number of ether oxygens (including phenoxy) is 1. The maximum absolute atomic E-state index is 5.80. The van der Waals surface area contributed by atoms with E-state index in [0.717, 1.165) is 30.9 Å². The minimum atomic E-state index is 0.340. The van der Waals surface area contributed by atoms with Gasteiger partial charge >= 0.3 is 0 Å². The first kappa shape index (κ1) is 11.4. The van der Waals surface area contributed by atoms with E-state index in [1.165, 1.54) is 0 Å². The fourth-order valence-corrected chi connectivity index (χ4v) is 2.14. The van der Waals surface area contributed by atoms with E-state index >= 15 is 0 Å². The SMILES string of the molecule is c1ccc(-n2ccc(COC3CCNC3)n2)cc1. The van der Waals surface area contributed by atoms with Crippen LogP contribution >= 0.6 is 0 Å². The molecule has 4 heteroatoms. The Kier molecular flexibility index (Phi) is 3.39. The summed E-state index contributed by atoms with van der Waals surface area (Å²) in [4.78, 5) is 0. The molecule has 18 heavy (non-hydrogen) atoms. The largest absolute Gasteiger partial charge is 0.370 e. The molecular weight excluding hydrogens is 226 g/mol. The van der Waals surface area contributed by atoms with Crippen LogP contribution in [0.1, 0.15) is 12.1 Å². The van der Waals surface area contributed by atoms with Crippen molar-refractivity contribution in [2.75, 3.05) is 13.1 Å². The zero-order valence-corrected chi connectivity index (χ0v) is 10.2. The second-order valence-electron chi connectivity index (χ2n) is 4.51. The lowest BCUT2D eigenvalue weighted by Crippen LogP contribution is -2.16. The van der Waals surface area contributed by atoms with E-state index in [0.29, 0.717) is 12.7 Å². The molecule has 1 saturated heterocycles. The summed E-state index contributed by atoms with van der Waals surface area (Å²) in [5.74, 6) is 0. The maximum Gasteiger partial charge on any atom is 0.0911 e. The van der Waals surface area contributed by atoms with E-state index in [4.69, 9.17) is 4.74 Å². The number of aromatic nitrogens is 2. The van der Waals surface area contributed by atoms with Gasteiger partial charge in [-0.3, -0.25) is 0 Å².